The molecule has 1 aliphatic carbocycles. The fraction of sp³-hybridized carbons (Fsp3) is 0.248. The van der Waals surface area contributed by atoms with Crippen LogP contribution >= 0.6 is 0 Å². The summed E-state index contributed by atoms with van der Waals surface area (Å²) in [6.07, 6.45) is 3.08. The summed E-state index contributed by atoms with van der Waals surface area (Å²) in [7, 11) is 0. The largest absolute Gasteiger partial charge is 0.491 e. The van der Waals surface area contributed by atoms with Crippen LogP contribution < -0.4 is 173 Å². The van der Waals surface area contributed by atoms with Crippen LogP contribution in [0.3, 0.4) is 0 Å². The lowest BCUT2D eigenvalue weighted by atomic mass is 10.1. The zero-order chi connectivity index (χ0) is 102. The molecule has 12 aliphatic heterocycles. The summed E-state index contributed by atoms with van der Waals surface area (Å²) in [5, 5.41) is 24.5. The Hall–Kier alpha value is -18.5. The van der Waals surface area contributed by atoms with Gasteiger partial charge in [0.1, 0.15) is 70.9 Å². The van der Waals surface area contributed by atoms with Crippen molar-refractivity contribution in [2.75, 3.05) is 132 Å². The van der Waals surface area contributed by atoms with Crippen molar-refractivity contribution < 1.29 is 171 Å². The maximum atomic E-state index is 12.4. The third kappa shape index (κ3) is 25.3. The quantitative estimate of drug-likeness (QED) is 0.0243. The van der Waals surface area contributed by atoms with Gasteiger partial charge in [0.15, 0.2) is 158 Å². The molecule has 6 N–H and O–H groups in total. The van der Waals surface area contributed by atoms with Gasteiger partial charge in [0, 0.05) is 91.6 Å². The first-order valence-electron chi connectivity index (χ1n) is 47.6. The molecule has 0 saturated heterocycles. The zero-order valence-electron chi connectivity index (χ0n) is 80.0. The molecule has 12 heterocycles. The minimum Gasteiger partial charge on any atom is -0.491 e. The molecule has 0 bridgehead atoms. The van der Waals surface area contributed by atoms with Crippen LogP contribution in [0.25, 0.3) is 0 Å². The Morgan fingerprint density at radius 3 is 1.00 bits per heavy atom. The Balaban J connectivity index is 0.000000105. The van der Waals surface area contributed by atoms with Gasteiger partial charge in [0.25, 0.3) is 23.6 Å². The summed E-state index contributed by atoms with van der Waals surface area (Å²) >= 11 is 0. The van der Waals surface area contributed by atoms with Gasteiger partial charge in [0.05, 0.1) is 0 Å². The Morgan fingerprint density at radius 1 is 0.273 bits per heavy atom. The van der Waals surface area contributed by atoms with E-state index in [-0.39, 0.29) is 144 Å². The number of carbonyl (C=O) groups is 4. The number of hydrogen-bond donors (Lipinski definition) is 6. The second-order valence-electron chi connectivity index (χ2n) is 34.0. The number of anilines is 2. The predicted octanol–water partition coefficient (Wildman–Crippen LogP) is 15.3. The van der Waals surface area contributed by atoms with Gasteiger partial charge in [-0.25, -0.2) is 0 Å². The molecule has 150 heavy (non-hydrogen) atoms. The van der Waals surface area contributed by atoms with Gasteiger partial charge in [0.2, 0.25) is 81.5 Å². The van der Waals surface area contributed by atoms with E-state index < -0.39 is 6.10 Å². The maximum absolute atomic E-state index is 12.4. The smallest absolute Gasteiger partial charge is 0.262 e. The normalized spacial score (nSPS) is 15.4. The lowest BCUT2D eigenvalue weighted by molar-refractivity contribution is -0.123. The molecule has 0 radical (unpaired) electrons. The van der Waals surface area contributed by atoms with Gasteiger partial charge in [-0.1, -0.05) is 18.2 Å². The fourth-order valence-corrected chi connectivity index (χ4v) is 16.3. The van der Waals surface area contributed by atoms with Gasteiger partial charge in [-0.15, -0.1) is 0 Å². The van der Waals surface area contributed by atoms with Gasteiger partial charge in [-0.05, 0) is 218 Å². The van der Waals surface area contributed by atoms with Crippen molar-refractivity contribution in [3.63, 3.8) is 0 Å². The number of amides is 4. The van der Waals surface area contributed by atoms with Crippen LogP contribution in [0.15, 0.2) is 243 Å². The standard InChI is InChI=1S/C21H15NO6.C19H18O6.C18H19NO6.C18H17NO6.C17H15NO6.C16H13NO6/c23-21(13-1-7-17-19(9-13)26-11-24-17)22-14-2-4-15(5-3-14)28-16-6-8-18-20(10-16)27-12-25-18;1-2-16(24-12-4-6-14-18(8-12)22-10-20-14)17(3-1)25-13-5-7-15-19(9-13)23-11-21-15;20-13(9-21-14-2-4-16-18(6-14)25-11-23-16)8-19-7-12-1-3-15-17(5-12)24-10-22-15;20-18(9-21-13-2-4-15-17(8-13)25-11-23-15)19-6-5-12-1-3-14-16(7-12)24-10-22-14;19-17(8-20-12-2-4-14-16(6-12)24-10-22-14)18-7-11-1-3-13-15(5-11)23-9-21-13;18-16(17-10-1-3-12-14(5-10)22-8-20-12)7-19-11-2-4-13-15(6-11)23-9-21-13/h1-10H,11-12H2,(H,22,23);4-9,16-17H,1-3,10-11H2;1-6,13,19-20H,7-11H2;1-4,7-8H,5-6,9-11H2,(H,19,20);1-6H,7-10H2,(H,18,19);1-6H,7-9H2,(H,17,18)/t;16-,17-;;;;/m.1..../s1. The molecular weight excluding hydrogens is 1960 g/mol. The molecule has 0 spiro atoms. The molecule has 1 saturated carbocycles. The fourth-order valence-electron chi connectivity index (χ4n) is 16.3. The van der Waals surface area contributed by atoms with Crippen molar-refractivity contribution in [2.45, 2.75) is 57.1 Å². The SMILES string of the molecule is O=C(COc1ccc2c(c1)OCO2)NCCc1ccc2c(c1)OCO2.O=C(COc1ccc2c(c1)OCO2)NCc1ccc2c(c1)OCO2.O=C(COc1ccc2c(c1)OCO2)Nc1ccc2c(c1)OCO2.O=C(Nc1ccc(Oc2ccc3c(c2)OCO3)cc1)c1ccc2c(c1)OCO2.OC(CNCc1ccc2c(c1)OCO2)COc1ccc2c(c1)OCO2.c1cc2c(cc1O[C@@H]1CCC[C@H]1Oc1ccc3c(c1)OCO3)OCO2. The molecule has 13 aliphatic rings. The third-order valence-electron chi connectivity index (χ3n) is 23.8. The average Bonchev–Trinajstić information content (AvgIpc) is 1.12. The molecule has 41 heteroatoms. The minimum atomic E-state index is -0.626. The third-order valence-corrected chi connectivity index (χ3v) is 23.8. The number of hydrogen-bond acceptors (Lipinski definition) is 37. The maximum Gasteiger partial charge on any atom is 0.262 e. The summed E-state index contributed by atoms with van der Waals surface area (Å²) in [6.45, 7) is 4.58. The van der Waals surface area contributed by atoms with E-state index in [4.69, 9.17) is 147 Å². The summed E-state index contributed by atoms with van der Waals surface area (Å²) in [5.41, 5.74) is 4.82. The van der Waals surface area contributed by atoms with Crippen molar-refractivity contribution in [3.8, 4) is 184 Å². The molecule has 26 rings (SSSR count). The number of nitrogens with one attached hydrogen (secondary N) is 5. The lowest BCUT2D eigenvalue weighted by Gasteiger charge is -2.22. The highest BCUT2D eigenvalue weighted by Crippen LogP contribution is 2.46. The number of aliphatic hydroxyl groups is 1. The van der Waals surface area contributed by atoms with Crippen LogP contribution in [0.1, 0.15) is 46.3 Å². The topological polar surface area (TPSA) is 435 Å². The molecular formula is C109H97N5O36. The second-order valence-corrected chi connectivity index (χ2v) is 34.0. The first kappa shape index (κ1) is 97.5. The lowest BCUT2D eigenvalue weighted by Crippen LogP contribution is -2.31. The summed E-state index contributed by atoms with van der Waals surface area (Å²) in [4.78, 5) is 48.2. The van der Waals surface area contributed by atoms with Crippen molar-refractivity contribution >= 4 is 35.0 Å². The Labute approximate surface area is 855 Å². The van der Waals surface area contributed by atoms with E-state index in [2.05, 4.69) is 26.6 Å². The van der Waals surface area contributed by atoms with Gasteiger partial charge < -0.3 is 179 Å². The molecule has 41 nitrogen and oxygen atoms in total. The highest BCUT2D eigenvalue weighted by Gasteiger charge is 2.34. The van der Waals surface area contributed by atoms with E-state index in [0.717, 1.165) is 99.2 Å². The summed E-state index contributed by atoms with van der Waals surface area (Å²) < 4.78 is 167. The average molecular weight is 2050 g/mol. The van der Waals surface area contributed by atoms with Crippen LogP contribution in [0, 0.1) is 0 Å². The number of aliphatic hydroxyl groups excluding tert-OH is 1. The van der Waals surface area contributed by atoms with Crippen molar-refractivity contribution in [2.24, 2.45) is 0 Å². The summed E-state index contributed by atoms with van der Waals surface area (Å²) in [6, 6.07) is 72.1. The molecule has 13 aromatic rings. The minimum absolute atomic E-state index is 0.00537. The Bertz CT molecular complexity index is 6910. The number of rotatable bonds is 30. The second kappa shape index (κ2) is 46.7. The van der Waals surface area contributed by atoms with Crippen LogP contribution in [0.5, 0.6) is 184 Å². The number of benzene rings is 13. The van der Waals surface area contributed by atoms with E-state index in [1.807, 2.05) is 97.1 Å². The molecule has 0 aromatic heterocycles. The van der Waals surface area contributed by atoms with Crippen LogP contribution in [0.2, 0.25) is 0 Å². The van der Waals surface area contributed by atoms with E-state index in [1.54, 1.807) is 146 Å². The number of carbonyl (C=O) groups excluding carboxylic acids is 4. The predicted molar refractivity (Wildman–Crippen MR) is 525 cm³/mol. The van der Waals surface area contributed by atoms with E-state index >= 15 is 0 Å². The van der Waals surface area contributed by atoms with Crippen LogP contribution in [0.4, 0.5) is 11.4 Å². The van der Waals surface area contributed by atoms with E-state index in [0.29, 0.717) is 170 Å². The number of fused-ring (bicyclic) bond motifs is 12. The number of ether oxygens (including phenoxy) is 31. The van der Waals surface area contributed by atoms with Crippen LogP contribution in [-0.2, 0) is 33.9 Å². The molecule has 13 aromatic carbocycles. The monoisotopic (exact) mass is 2050 g/mol. The first-order chi connectivity index (χ1) is 73.7. The molecule has 1 fully saturated rings. The molecule has 3 atom stereocenters. The van der Waals surface area contributed by atoms with Gasteiger partial charge >= 0.3 is 0 Å². The molecule has 1 unspecified atom stereocenters. The zero-order valence-corrected chi connectivity index (χ0v) is 80.0. The Morgan fingerprint density at radius 2 is 0.573 bits per heavy atom. The molecule has 4 amide bonds. The first-order valence-corrected chi connectivity index (χ1v) is 47.6. The van der Waals surface area contributed by atoms with Gasteiger partial charge in [-0.2, -0.15) is 0 Å². The van der Waals surface area contributed by atoms with Crippen molar-refractivity contribution in [3.05, 3.63) is 265 Å². The highest BCUT2D eigenvalue weighted by molar-refractivity contribution is 6.04. The van der Waals surface area contributed by atoms with Crippen LogP contribution in [-0.4, -0.2) is 168 Å². The van der Waals surface area contributed by atoms with Gasteiger partial charge in [-0.3, -0.25) is 19.2 Å². The van der Waals surface area contributed by atoms with Crippen molar-refractivity contribution in [1.29, 1.82) is 0 Å². The molecule has 774 valence electrons. The van der Waals surface area contributed by atoms with E-state index in [1.165, 1.54) is 0 Å². The van der Waals surface area contributed by atoms with E-state index in [9.17, 15) is 24.3 Å². The summed E-state index contributed by atoms with van der Waals surface area (Å²) in [5.74, 6) is 20.7. The van der Waals surface area contributed by atoms with Crippen molar-refractivity contribution in [1.82, 2.24) is 16.0 Å². The Kier molecular flexibility index (Phi) is 30.3. The highest BCUT2D eigenvalue weighted by atomic mass is 16.7.